The number of nitrogens with zero attached hydrogens (tertiary/aromatic N) is 2. The molecule has 0 aliphatic carbocycles. The van der Waals surface area contributed by atoms with Gasteiger partial charge in [0.1, 0.15) is 5.82 Å². The predicted molar refractivity (Wildman–Crippen MR) is 237 cm³/mol. The summed E-state index contributed by atoms with van der Waals surface area (Å²) in [5.41, 5.74) is 1.28. The van der Waals surface area contributed by atoms with Crippen molar-refractivity contribution in [3.8, 4) is 0 Å². The standard InChI is InChI=1S/C49H85N3O2/c1-3-5-7-9-11-13-15-17-19-21-23-25-27-29-31-35-42-53-46-48(45-50-44-47-38-37-39-51-49(47)52-40-33-34-41-52)54-43-36-32-30-28-26-24-22-20-18-16-14-12-10-8-6-4-2/h11-14,17-20,37-39,48,50H,3-10,15-16,21-36,40-46H2,1-2H3/b13-11-,14-12-,19-17-,20-18-. The van der Waals surface area contributed by atoms with E-state index in [1.165, 1.54) is 147 Å². The maximum atomic E-state index is 6.42. The minimum absolute atomic E-state index is 0.0829. The highest BCUT2D eigenvalue weighted by molar-refractivity contribution is 5.47. The van der Waals surface area contributed by atoms with Crippen molar-refractivity contribution in [2.45, 2.75) is 193 Å². The molecule has 5 nitrogen and oxygen atoms in total. The van der Waals surface area contributed by atoms with Gasteiger partial charge in [0, 0.05) is 51.2 Å². The van der Waals surface area contributed by atoms with E-state index >= 15 is 0 Å². The number of ether oxygens (including phenoxy) is 2. The molecule has 1 aromatic heterocycles. The first-order valence-corrected chi connectivity index (χ1v) is 23.0. The van der Waals surface area contributed by atoms with Crippen LogP contribution in [-0.4, -0.2) is 50.5 Å². The summed E-state index contributed by atoms with van der Waals surface area (Å²) in [7, 11) is 0. The highest BCUT2D eigenvalue weighted by Gasteiger charge is 2.17. The Hall–Kier alpha value is -2.21. The smallest absolute Gasteiger partial charge is 0.133 e. The fourth-order valence-electron chi connectivity index (χ4n) is 7.06. The largest absolute Gasteiger partial charge is 0.379 e. The topological polar surface area (TPSA) is 46.6 Å². The average Bonchev–Trinajstić information content (AvgIpc) is 3.74. The Kier molecular flexibility index (Phi) is 33.5. The molecule has 1 atom stereocenters. The minimum atomic E-state index is 0.0829. The van der Waals surface area contributed by atoms with E-state index in [1.54, 1.807) is 0 Å². The summed E-state index contributed by atoms with van der Waals surface area (Å²) in [6.07, 6.45) is 53.8. The lowest BCUT2D eigenvalue weighted by Gasteiger charge is -2.22. The molecule has 2 rings (SSSR count). The molecule has 1 unspecified atom stereocenters. The summed E-state index contributed by atoms with van der Waals surface area (Å²) in [6, 6.07) is 4.28. The number of allylic oxidation sites excluding steroid dienone is 8. The molecule has 1 aromatic rings. The van der Waals surface area contributed by atoms with Crippen molar-refractivity contribution in [1.29, 1.82) is 0 Å². The van der Waals surface area contributed by atoms with Crippen molar-refractivity contribution >= 4 is 5.82 Å². The van der Waals surface area contributed by atoms with Gasteiger partial charge >= 0.3 is 0 Å². The number of pyridine rings is 1. The van der Waals surface area contributed by atoms with E-state index in [1.807, 2.05) is 6.20 Å². The Morgan fingerprint density at radius 1 is 0.630 bits per heavy atom. The number of rotatable bonds is 38. The van der Waals surface area contributed by atoms with Gasteiger partial charge in [-0.1, -0.05) is 146 Å². The molecule has 2 heterocycles. The van der Waals surface area contributed by atoms with Gasteiger partial charge < -0.3 is 19.7 Å². The lowest BCUT2D eigenvalue weighted by molar-refractivity contribution is -0.0177. The lowest BCUT2D eigenvalue weighted by Crippen LogP contribution is -2.33. The van der Waals surface area contributed by atoms with Crippen molar-refractivity contribution in [2.75, 3.05) is 44.4 Å². The molecule has 1 saturated heterocycles. The monoisotopic (exact) mass is 748 g/mol. The van der Waals surface area contributed by atoms with Crippen LogP contribution in [0.2, 0.25) is 0 Å². The first-order chi connectivity index (χ1) is 26.8. The van der Waals surface area contributed by atoms with Gasteiger partial charge in [-0.3, -0.25) is 0 Å². The summed E-state index contributed by atoms with van der Waals surface area (Å²) >= 11 is 0. The SMILES string of the molecule is CCCCC/C=C\C/C=C\CCCCCCCCOCC(CNCc1cccnc1N1CCCC1)OCCCCCCCC/C=C\C/C=C\CCCCC. The van der Waals surface area contributed by atoms with Gasteiger partial charge in [0.25, 0.3) is 0 Å². The highest BCUT2D eigenvalue weighted by atomic mass is 16.5. The number of hydrogen-bond donors (Lipinski definition) is 1. The van der Waals surface area contributed by atoms with Crippen LogP contribution in [0, 0.1) is 0 Å². The maximum Gasteiger partial charge on any atom is 0.133 e. The summed E-state index contributed by atoms with van der Waals surface area (Å²) in [5, 5.41) is 3.69. The molecule has 5 heteroatoms. The van der Waals surface area contributed by atoms with Crippen LogP contribution in [-0.2, 0) is 16.0 Å². The normalized spacial score (nSPS) is 14.3. The average molecular weight is 748 g/mol. The molecule has 1 N–H and O–H groups in total. The number of unbranched alkanes of at least 4 members (excludes halogenated alkanes) is 18. The molecular formula is C49H85N3O2. The van der Waals surface area contributed by atoms with E-state index in [4.69, 9.17) is 14.5 Å². The predicted octanol–water partition coefficient (Wildman–Crippen LogP) is 13.8. The first kappa shape index (κ1) is 47.9. The van der Waals surface area contributed by atoms with E-state index in [9.17, 15) is 0 Å². The van der Waals surface area contributed by atoms with Gasteiger partial charge in [-0.25, -0.2) is 4.98 Å². The van der Waals surface area contributed by atoms with Crippen LogP contribution >= 0.6 is 0 Å². The zero-order chi connectivity index (χ0) is 38.3. The Morgan fingerprint density at radius 3 is 1.69 bits per heavy atom. The van der Waals surface area contributed by atoms with Crippen LogP contribution in [0.3, 0.4) is 0 Å². The third-order valence-electron chi connectivity index (χ3n) is 10.5. The molecule has 1 aliphatic heterocycles. The third kappa shape index (κ3) is 28.2. The van der Waals surface area contributed by atoms with Crippen LogP contribution in [0.25, 0.3) is 0 Å². The summed E-state index contributed by atoms with van der Waals surface area (Å²) in [6.45, 7) is 10.7. The van der Waals surface area contributed by atoms with Crippen LogP contribution < -0.4 is 10.2 Å². The molecule has 0 aromatic carbocycles. The first-order valence-electron chi connectivity index (χ1n) is 23.0. The lowest BCUT2D eigenvalue weighted by atomic mass is 10.1. The second-order valence-electron chi connectivity index (χ2n) is 15.5. The van der Waals surface area contributed by atoms with Crippen LogP contribution in [0.4, 0.5) is 5.82 Å². The van der Waals surface area contributed by atoms with Crippen LogP contribution in [0.1, 0.15) is 186 Å². The summed E-state index contributed by atoms with van der Waals surface area (Å²) in [4.78, 5) is 7.17. The van der Waals surface area contributed by atoms with Crippen molar-refractivity contribution in [3.63, 3.8) is 0 Å². The number of nitrogens with one attached hydrogen (secondary N) is 1. The maximum absolute atomic E-state index is 6.42. The van der Waals surface area contributed by atoms with Gasteiger partial charge in [-0.15, -0.1) is 0 Å². The van der Waals surface area contributed by atoms with Crippen LogP contribution in [0.15, 0.2) is 66.9 Å². The zero-order valence-electron chi connectivity index (χ0n) is 35.5. The molecule has 308 valence electrons. The molecule has 1 fully saturated rings. The highest BCUT2D eigenvalue weighted by Crippen LogP contribution is 2.22. The summed E-state index contributed by atoms with van der Waals surface area (Å²) in [5.74, 6) is 1.15. The number of hydrogen-bond acceptors (Lipinski definition) is 5. The zero-order valence-corrected chi connectivity index (χ0v) is 35.5. The third-order valence-corrected chi connectivity index (χ3v) is 10.5. The van der Waals surface area contributed by atoms with E-state index in [-0.39, 0.29) is 6.10 Å². The van der Waals surface area contributed by atoms with Crippen molar-refractivity contribution in [3.05, 3.63) is 72.5 Å². The van der Waals surface area contributed by atoms with Gasteiger partial charge in [0.15, 0.2) is 0 Å². The van der Waals surface area contributed by atoms with Crippen molar-refractivity contribution in [1.82, 2.24) is 10.3 Å². The minimum Gasteiger partial charge on any atom is -0.379 e. The number of aromatic nitrogens is 1. The molecule has 0 saturated carbocycles. The second-order valence-corrected chi connectivity index (χ2v) is 15.5. The molecule has 0 spiro atoms. The number of anilines is 1. The van der Waals surface area contributed by atoms with E-state index in [0.29, 0.717) is 6.61 Å². The Morgan fingerprint density at radius 2 is 1.13 bits per heavy atom. The van der Waals surface area contributed by atoms with Crippen molar-refractivity contribution in [2.24, 2.45) is 0 Å². The fourth-order valence-corrected chi connectivity index (χ4v) is 7.06. The fraction of sp³-hybridized carbons (Fsp3) is 0.735. The van der Waals surface area contributed by atoms with Gasteiger partial charge in [0.2, 0.25) is 0 Å². The quantitative estimate of drug-likeness (QED) is 0.0539. The van der Waals surface area contributed by atoms with Crippen LogP contribution in [0.5, 0.6) is 0 Å². The van der Waals surface area contributed by atoms with Gasteiger partial charge in [-0.05, 0) is 96.0 Å². The molecule has 54 heavy (non-hydrogen) atoms. The van der Waals surface area contributed by atoms with Crippen molar-refractivity contribution < 1.29 is 9.47 Å². The Balaban J connectivity index is 1.56. The Bertz CT molecular complexity index is 1060. The van der Waals surface area contributed by atoms with Gasteiger partial charge in [0.05, 0.1) is 12.7 Å². The molecular weight excluding hydrogens is 663 g/mol. The summed E-state index contributed by atoms with van der Waals surface area (Å²) < 4.78 is 12.6. The molecule has 0 bridgehead atoms. The molecule has 0 amide bonds. The second kappa shape index (κ2) is 37.7. The van der Waals surface area contributed by atoms with E-state index in [2.05, 4.69) is 84.8 Å². The Labute approximate surface area is 334 Å². The van der Waals surface area contributed by atoms with E-state index < -0.39 is 0 Å². The van der Waals surface area contributed by atoms with E-state index in [0.717, 1.165) is 70.9 Å². The van der Waals surface area contributed by atoms with Gasteiger partial charge in [-0.2, -0.15) is 0 Å². The molecule has 1 aliphatic rings. The molecule has 0 radical (unpaired) electrons.